The lowest BCUT2D eigenvalue weighted by Gasteiger charge is -2.31. The van der Waals surface area contributed by atoms with Crippen molar-refractivity contribution in [2.75, 3.05) is 6.61 Å². The molecular weight excluding hydrogens is 338 g/mol. The van der Waals surface area contributed by atoms with Crippen LogP contribution in [0.25, 0.3) is 22.3 Å². The maximum Gasteiger partial charge on any atom is 0.159 e. The van der Waals surface area contributed by atoms with Gasteiger partial charge in [-0.05, 0) is 31.9 Å². The molecule has 3 atom stereocenters. The van der Waals surface area contributed by atoms with Crippen molar-refractivity contribution in [3.8, 4) is 23.2 Å². The number of rotatable bonds is 3. The Hall–Kier alpha value is -2.58. The molecule has 2 aromatic carbocycles. The zero-order valence-corrected chi connectivity index (χ0v) is 15.4. The highest BCUT2D eigenvalue weighted by atomic mass is 16.7. The summed E-state index contributed by atoms with van der Waals surface area (Å²) in [5, 5.41) is 1.01. The molecule has 4 nitrogen and oxygen atoms in total. The van der Waals surface area contributed by atoms with Crippen LogP contribution in [0.4, 0.5) is 0 Å². The number of benzene rings is 2. The average Bonchev–Trinajstić information content (AvgIpc) is 3.07. The summed E-state index contributed by atoms with van der Waals surface area (Å²) in [4.78, 5) is 0. The first-order chi connectivity index (χ1) is 13.2. The first kappa shape index (κ1) is 17.8. The van der Waals surface area contributed by atoms with Gasteiger partial charge in [-0.3, -0.25) is 0 Å². The molecule has 27 heavy (non-hydrogen) atoms. The van der Waals surface area contributed by atoms with Crippen molar-refractivity contribution >= 4 is 11.0 Å². The number of ether oxygens (including phenoxy) is 2. The van der Waals surface area contributed by atoms with E-state index in [1.165, 1.54) is 0 Å². The number of fused-ring (bicyclic) bond motifs is 1. The van der Waals surface area contributed by atoms with Gasteiger partial charge >= 0.3 is 0 Å². The molecule has 2 N–H and O–H groups in total. The summed E-state index contributed by atoms with van der Waals surface area (Å²) in [6.45, 7) is 2.29. The zero-order chi connectivity index (χ0) is 18.6. The third-order valence-electron chi connectivity index (χ3n) is 4.89. The molecular formula is C23H23NO3. The highest BCUT2D eigenvalue weighted by molar-refractivity contribution is 5.91. The van der Waals surface area contributed by atoms with Crippen LogP contribution in [0.3, 0.4) is 0 Å². The predicted octanol–water partition coefficient (Wildman–Crippen LogP) is 4.32. The Morgan fingerprint density at radius 2 is 1.85 bits per heavy atom. The molecule has 4 heteroatoms. The third kappa shape index (κ3) is 3.91. The van der Waals surface area contributed by atoms with Crippen LogP contribution in [0, 0.1) is 11.8 Å². The molecule has 1 fully saturated rings. The summed E-state index contributed by atoms with van der Waals surface area (Å²) in [6.07, 6.45) is 1.49. The Kier molecular flexibility index (Phi) is 5.26. The monoisotopic (exact) mass is 361 g/mol. The van der Waals surface area contributed by atoms with Gasteiger partial charge in [0.2, 0.25) is 0 Å². The standard InChI is InChI=1S/C23H23NO3/c1-16-20(24)13-14-22(26-16)25-15-7-11-19-18-10-5-6-12-21(18)27-23(19)17-8-3-2-4-9-17/h2-6,8-10,12,16,20,22H,13-15,24H2,1H3/t16-,20-,22-/m0/s1. The van der Waals surface area contributed by atoms with Gasteiger partial charge < -0.3 is 19.6 Å². The normalized spacial score (nSPS) is 22.4. The largest absolute Gasteiger partial charge is 0.455 e. The van der Waals surface area contributed by atoms with E-state index in [4.69, 9.17) is 19.6 Å². The van der Waals surface area contributed by atoms with Crippen LogP contribution in [-0.2, 0) is 9.47 Å². The second kappa shape index (κ2) is 7.98. The number of hydrogen-bond acceptors (Lipinski definition) is 4. The molecule has 1 saturated heterocycles. The minimum absolute atomic E-state index is 0.0132. The molecule has 0 bridgehead atoms. The van der Waals surface area contributed by atoms with Crippen LogP contribution in [0.2, 0.25) is 0 Å². The van der Waals surface area contributed by atoms with Gasteiger partial charge in [-0.25, -0.2) is 0 Å². The summed E-state index contributed by atoms with van der Waals surface area (Å²) in [5.74, 6) is 7.15. The van der Waals surface area contributed by atoms with E-state index >= 15 is 0 Å². The van der Waals surface area contributed by atoms with Gasteiger partial charge in [0.15, 0.2) is 12.1 Å². The highest BCUT2D eigenvalue weighted by Gasteiger charge is 2.25. The molecule has 0 radical (unpaired) electrons. The molecule has 2 heterocycles. The lowest BCUT2D eigenvalue weighted by molar-refractivity contribution is -0.187. The molecule has 0 amide bonds. The molecule has 3 aromatic rings. The van der Waals surface area contributed by atoms with E-state index in [1.807, 2.05) is 61.5 Å². The van der Waals surface area contributed by atoms with Gasteiger partial charge in [0.05, 0.1) is 11.7 Å². The molecule has 1 aliphatic heterocycles. The van der Waals surface area contributed by atoms with E-state index in [1.54, 1.807) is 0 Å². The van der Waals surface area contributed by atoms with Crippen molar-refractivity contribution in [1.82, 2.24) is 0 Å². The van der Waals surface area contributed by atoms with Gasteiger partial charge in [0, 0.05) is 17.0 Å². The second-order valence-electron chi connectivity index (χ2n) is 6.79. The fourth-order valence-electron chi connectivity index (χ4n) is 3.32. The van der Waals surface area contributed by atoms with Gasteiger partial charge in [-0.15, -0.1) is 0 Å². The Balaban J connectivity index is 1.55. The molecule has 0 spiro atoms. The van der Waals surface area contributed by atoms with Gasteiger partial charge in [-0.2, -0.15) is 0 Å². The maximum atomic E-state index is 6.08. The lowest BCUT2D eigenvalue weighted by atomic mass is 10.0. The number of hydrogen-bond donors (Lipinski definition) is 1. The number of nitrogens with two attached hydrogens (primary N) is 1. The Labute approximate surface area is 159 Å². The van der Waals surface area contributed by atoms with Crippen molar-refractivity contribution in [2.45, 2.75) is 38.2 Å². The third-order valence-corrected chi connectivity index (χ3v) is 4.89. The van der Waals surface area contributed by atoms with Crippen molar-refractivity contribution < 1.29 is 13.9 Å². The zero-order valence-electron chi connectivity index (χ0n) is 15.4. The average molecular weight is 361 g/mol. The van der Waals surface area contributed by atoms with Crippen LogP contribution in [-0.4, -0.2) is 25.0 Å². The topological polar surface area (TPSA) is 57.6 Å². The van der Waals surface area contributed by atoms with Crippen molar-refractivity contribution in [1.29, 1.82) is 0 Å². The van der Waals surface area contributed by atoms with Gasteiger partial charge in [0.25, 0.3) is 0 Å². The van der Waals surface area contributed by atoms with Crippen LogP contribution in [0.5, 0.6) is 0 Å². The summed E-state index contributed by atoms with van der Waals surface area (Å²) < 4.78 is 17.6. The fraction of sp³-hybridized carbons (Fsp3) is 0.304. The van der Waals surface area contributed by atoms with E-state index in [0.717, 1.165) is 40.7 Å². The predicted molar refractivity (Wildman–Crippen MR) is 106 cm³/mol. The van der Waals surface area contributed by atoms with Crippen LogP contribution in [0.1, 0.15) is 25.3 Å². The molecule has 1 aliphatic rings. The van der Waals surface area contributed by atoms with E-state index in [-0.39, 0.29) is 18.4 Å². The van der Waals surface area contributed by atoms with Crippen molar-refractivity contribution in [3.05, 3.63) is 60.2 Å². The van der Waals surface area contributed by atoms with E-state index in [0.29, 0.717) is 6.61 Å². The fourth-order valence-corrected chi connectivity index (χ4v) is 3.32. The summed E-state index contributed by atoms with van der Waals surface area (Å²) in [5.41, 5.74) is 8.70. The molecule has 0 aliphatic carbocycles. The van der Waals surface area contributed by atoms with Crippen LogP contribution >= 0.6 is 0 Å². The minimum Gasteiger partial charge on any atom is -0.455 e. The Bertz CT molecular complexity index is 967. The quantitative estimate of drug-likeness (QED) is 0.706. The smallest absolute Gasteiger partial charge is 0.159 e. The van der Waals surface area contributed by atoms with Crippen LogP contribution in [0.15, 0.2) is 59.0 Å². The molecule has 0 unspecified atom stereocenters. The first-order valence-electron chi connectivity index (χ1n) is 9.31. The summed E-state index contributed by atoms with van der Waals surface area (Å²) in [7, 11) is 0. The molecule has 4 rings (SSSR count). The van der Waals surface area contributed by atoms with Crippen LogP contribution < -0.4 is 5.73 Å². The summed E-state index contributed by atoms with van der Waals surface area (Å²) >= 11 is 0. The van der Waals surface area contributed by atoms with E-state index in [2.05, 4.69) is 11.8 Å². The minimum atomic E-state index is -0.233. The van der Waals surface area contributed by atoms with Crippen molar-refractivity contribution in [2.24, 2.45) is 5.73 Å². The van der Waals surface area contributed by atoms with Gasteiger partial charge in [-0.1, -0.05) is 54.3 Å². The van der Waals surface area contributed by atoms with E-state index < -0.39 is 0 Å². The highest BCUT2D eigenvalue weighted by Crippen LogP contribution is 2.32. The second-order valence-corrected chi connectivity index (χ2v) is 6.79. The molecule has 0 saturated carbocycles. The molecule has 1 aromatic heterocycles. The maximum absolute atomic E-state index is 6.08. The Morgan fingerprint density at radius 3 is 2.67 bits per heavy atom. The number of furan rings is 1. The first-order valence-corrected chi connectivity index (χ1v) is 9.31. The number of para-hydroxylation sites is 1. The van der Waals surface area contributed by atoms with E-state index in [9.17, 15) is 0 Å². The Morgan fingerprint density at radius 1 is 1.07 bits per heavy atom. The summed E-state index contributed by atoms with van der Waals surface area (Å²) in [6, 6.07) is 18.1. The lowest BCUT2D eigenvalue weighted by Crippen LogP contribution is -2.43. The SMILES string of the molecule is C[C@@H]1O[C@H](OCC#Cc2c(-c3ccccc3)oc3ccccc23)CC[C@@H]1N. The van der Waals surface area contributed by atoms with Gasteiger partial charge in [0.1, 0.15) is 12.2 Å². The van der Waals surface area contributed by atoms with Crippen molar-refractivity contribution in [3.63, 3.8) is 0 Å². The molecule has 138 valence electrons.